The van der Waals surface area contributed by atoms with Gasteiger partial charge in [0, 0.05) is 19.6 Å². The molecule has 1 heterocycles. The molecule has 5 N–H and O–H groups in total. The van der Waals surface area contributed by atoms with Crippen molar-refractivity contribution in [3.63, 3.8) is 0 Å². The number of carbonyl (C=O) groups is 1. The standard InChI is InChI=1S/C6H13NO4S.CH2O3.Na.H2O.H/c8-12(9,10)6-3-7-1-4-11-5-2-7;2-1(3)4;;;/h1-6H2,(H,8,9,10);(H2,2,3,4);;1H2;. The monoisotopic (exact) mass is 299 g/mol. The van der Waals surface area contributed by atoms with E-state index < -0.39 is 16.3 Å². The van der Waals surface area contributed by atoms with Crippen molar-refractivity contribution in [2.75, 3.05) is 38.6 Å². The van der Waals surface area contributed by atoms with Gasteiger partial charge in [-0.15, -0.1) is 0 Å². The van der Waals surface area contributed by atoms with Gasteiger partial charge >= 0.3 is 35.7 Å². The van der Waals surface area contributed by atoms with Crippen LogP contribution in [0.15, 0.2) is 0 Å². The average Bonchev–Trinajstić information content (AvgIpc) is 2.14. The van der Waals surface area contributed by atoms with Gasteiger partial charge in [-0.05, 0) is 0 Å². The first-order valence-electron chi connectivity index (χ1n) is 4.48. The molecule has 106 valence electrons. The van der Waals surface area contributed by atoms with Crippen LogP contribution in [0.25, 0.3) is 0 Å². The van der Waals surface area contributed by atoms with Crippen LogP contribution in [0.5, 0.6) is 0 Å². The molecule has 18 heavy (non-hydrogen) atoms. The number of nitrogens with zero attached hydrogens (tertiary/aromatic N) is 1. The molecule has 0 aromatic heterocycles. The molecule has 0 radical (unpaired) electrons. The molecule has 9 nitrogen and oxygen atoms in total. The molecule has 0 spiro atoms. The predicted octanol–water partition coefficient (Wildman–Crippen LogP) is -2.04. The number of ether oxygens (including phenoxy) is 1. The van der Waals surface area contributed by atoms with Gasteiger partial charge in [0.15, 0.2) is 0 Å². The first-order valence-corrected chi connectivity index (χ1v) is 6.09. The number of morpholine rings is 1. The molecule has 1 fully saturated rings. The number of carboxylic acid groups (broad SMARTS) is 2. The van der Waals surface area contributed by atoms with Gasteiger partial charge in [-0.2, -0.15) is 8.42 Å². The molecule has 11 heteroatoms. The molecular weight excluding hydrogens is 281 g/mol. The molecule has 0 atom stereocenters. The summed E-state index contributed by atoms with van der Waals surface area (Å²) in [5.41, 5.74) is 0. The van der Waals surface area contributed by atoms with Crippen molar-refractivity contribution in [3.05, 3.63) is 0 Å². The third-order valence-electron chi connectivity index (χ3n) is 1.77. The predicted molar refractivity (Wildman–Crippen MR) is 65.1 cm³/mol. The molecule has 0 aromatic carbocycles. The van der Waals surface area contributed by atoms with E-state index in [0.29, 0.717) is 19.8 Å². The molecule has 1 rings (SSSR count). The van der Waals surface area contributed by atoms with E-state index in [4.69, 9.17) is 24.3 Å². The Hall–Kier alpha value is 0.0600. The fourth-order valence-corrected chi connectivity index (χ4v) is 1.56. The number of hydrogen-bond donors (Lipinski definition) is 3. The second-order valence-electron chi connectivity index (χ2n) is 3.02. The molecule has 1 aliphatic heterocycles. The summed E-state index contributed by atoms with van der Waals surface area (Å²) in [5.74, 6) is -0.188. The molecule has 0 amide bonds. The quantitative estimate of drug-likeness (QED) is 0.397. The van der Waals surface area contributed by atoms with Gasteiger partial charge in [0.2, 0.25) is 0 Å². The van der Waals surface area contributed by atoms with Crippen LogP contribution in [-0.2, 0) is 14.9 Å². The fourth-order valence-electron chi connectivity index (χ4n) is 1.07. The van der Waals surface area contributed by atoms with Crippen LogP contribution in [0.4, 0.5) is 4.79 Å². The van der Waals surface area contributed by atoms with E-state index in [-0.39, 0.29) is 40.8 Å². The van der Waals surface area contributed by atoms with Gasteiger partial charge in [0.1, 0.15) is 0 Å². The zero-order valence-corrected chi connectivity index (χ0v) is 9.89. The van der Waals surface area contributed by atoms with Gasteiger partial charge < -0.3 is 20.4 Å². The fraction of sp³-hybridized carbons (Fsp3) is 0.857. The summed E-state index contributed by atoms with van der Waals surface area (Å²) in [4.78, 5) is 10.5. The number of rotatable bonds is 3. The van der Waals surface area contributed by atoms with Crippen LogP contribution in [0, 0.1) is 0 Å². The molecule has 0 aromatic rings. The van der Waals surface area contributed by atoms with E-state index in [1.165, 1.54) is 0 Å². The second kappa shape index (κ2) is 12.1. The van der Waals surface area contributed by atoms with E-state index in [1.54, 1.807) is 0 Å². The summed E-state index contributed by atoms with van der Waals surface area (Å²) in [7, 11) is -3.81. The Kier molecular flexibility index (Phi) is 15.6. The maximum atomic E-state index is 10.4. The Morgan fingerprint density at radius 2 is 1.61 bits per heavy atom. The Morgan fingerprint density at radius 1 is 1.22 bits per heavy atom. The summed E-state index contributed by atoms with van der Waals surface area (Å²) < 4.78 is 34.3. The third kappa shape index (κ3) is 18.4. The van der Waals surface area contributed by atoms with Gasteiger partial charge in [0.25, 0.3) is 10.1 Å². The number of hydrogen-bond acceptors (Lipinski definition) is 5. The topological polar surface area (TPSA) is 156 Å². The summed E-state index contributed by atoms with van der Waals surface area (Å²) in [6, 6.07) is 0. The van der Waals surface area contributed by atoms with Crippen molar-refractivity contribution in [1.82, 2.24) is 4.90 Å². The van der Waals surface area contributed by atoms with Gasteiger partial charge in [-0.1, -0.05) is 0 Å². The molecular formula is C7H18NNaO8S. The van der Waals surface area contributed by atoms with E-state index in [1.807, 2.05) is 4.90 Å². The van der Waals surface area contributed by atoms with Crippen LogP contribution in [0.3, 0.4) is 0 Å². The van der Waals surface area contributed by atoms with Gasteiger partial charge in [-0.25, -0.2) is 4.79 Å². The summed E-state index contributed by atoms with van der Waals surface area (Å²) in [6.45, 7) is 3.17. The molecule has 1 aliphatic rings. The van der Waals surface area contributed by atoms with Gasteiger partial charge in [0.05, 0.1) is 19.0 Å². The van der Waals surface area contributed by atoms with Crippen LogP contribution in [0.2, 0.25) is 0 Å². The van der Waals surface area contributed by atoms with E-state index in [2.05, 4.69) is 0 Å². The minimum absolute atomic E-state index is 0. The summed E-state index contributed by atoms with van der Waals surface area (Å²) in [6.07, 6.45) is -1.83. The molecule has 0 saturated carbocycles. The van der Waals surface area contributed by atoms with Crippen LogP contribution < -0.4 is 0 Å². The van der Waals surface area contributed by atoms with Crippen molar-refractivity contribution in [3.8, 4) is 0 Å². The first kappa shape index (κ1) is 23.2. The summed E-state index contributed by atoms with van der Waals surface area (Å²) in [5, 5.41) is 13.9. The van der Waals surface area contributed by atoms with Gasteiger partial charge in [-0.3, -0.25) is 9.45 Å². The van der Waals surface area contributed by atoms with E-state index in [9.17, 15) is 8.42 Å². The van der Waals surface area contributed by atoms with Crippen molar-refractivity contribution in [1.29, 1.82) is 0 Å². The van der Waals surface area contributed by atoms with Crippen molar-refractivity contribution in [2.45, 2.75) is 0 Å². The Morgan fingerprint density at radius 3 is 1.94 bits per heavy atom. The Balaban J connectivity index is -0.000000332. The van der Waals surface area contributed by atoms with E-state index in [0.717, 1.165) is 13.1 Å². The Labute approximate surface area is 127 Å². The van der Waals surface area contributed by atoms with Crippen LogP contribution >= 0.6 is 0 Å². The van der Waals surface area contributed by atoms with Crippen molar-refractivity contribution < 1.29 is 38.2 Å². The third-order valence-corrected chi connectivity index (χ3v) is 2.47. The van der Waals surface area contributed by atoms with Crippen LogP contribution in [-0.4, -0.2) is 108 Å². The zero-order chi connectivity index (χ0) is 12.6. The SMILES string of the molecule is O.O=C(O)O.O=S(=O)(O)CCN1CCOCC1.[NaH]. The van der Waals surface area contributed by atoms with Crippen molar-refractivity contribution in [2.24, 2.45) is 0 Å². The second-order valence-corrected chi connectivity index (χ2v) is 4.59. The molecule has 0 aliphatic carbocycles. The summed E-state index contributed by atoms with van der Waals surface area (Å²) >= 11 is 0. The molecule has 1 saturated heterocycles. The maximum absolute atomic E-state index is 10.4. The average molecular weight is 299 g/mol. The Bertz CT molecular complexity index is 299. The zero-order valence-electron chi connectivity index (χ0n) is 9.07. The van der Waals surface area contributed by atoms with Crippen LogP contribution in [0.1, 0.15) is 0 Å². The first-order chi connectivity index (χ1) is 7.31. The van der Waals surface area contributed by atoms with E-state index >= 15 is 0 Å². The molecule has 0 unspecified atom stereocenters. The van der Waals surface area contributed by atoms with Crippen molar-refractivity contribution >= 4 is 45.8 Å². The minimum atomic E-state index is -3.81. The molecule has 0 bridgehead atoms. The normalized spacial score (nSPS) is 15.4.